The van der Waals surface area contributed by atoms with Crippen molar-refractivity contribution < 1.29 is 0 Å². The van der Waals surface area contributed by atoms with E-state index >= 15 is 0 Å². The van der Waals surface area contributed by atoms with Crippen LogP contribution in [0.3, 0.4) is 0 Å². The van der Waals surface area contributed by atoms with E-state index in [4.69, 9.17) is 18.0 Å². The van der Waals surface area contributed by atoms with Crippen LogP contribution in [0.15, 0.2) is 11.1 Å². The monoisotopic (exact) mass is 114 g/mol. The predicted molar refractivity (Wildman–Crippen MR) is 33.1 cm³/mol. The highest BCUT2D eigenvalue weighted by atomic mass is 35.5. The maximum atomic E-state index is 5.42. The Morgan fingerprint density at radius 2 is 2.57 bits per heavy atom. The van der Waals surface area contributed by atoms with Gasteiger partial charge in [-0.05, 0) is 6.92 Å². The molecule has 7 heavy (non-hydrogen) atoms. The number of terminal acetylenes is 1. The van der Waals surface area contributed by atoms with Gasteiger partial charge in [0, 0.05) is 11.5 Å². The van der Waals surface area contributed by atoms with Gasteiger partial charge in [0.25, 0.3) is 0 Å². The van der Waals surface area contributed by atoms with Gasteiger partial charge >= 0.3 is 0 Å². The molecule has 0 aliphatic heterocycles. The van der Waals surface area contributed by atoms with Crippen LogP contribution < -0.4 is 0 Å². The van der Waals surface area contributed by atoms with Gasteiger partial charge in [0.15, 0.2) is 0 Å². The Bertz CT molecular complexity index is 102. The van der Waals surface area contributed by atoms with E-state index in [0.717, 1.165) is 5.03 Å². The van der Waals surface area contributed by atoms with Crippen molar-refractivity contribution in [1.82, 2.24) is 0 Å². The molecule has 0 rings (SSSR count). The summed E-state index contributed by atoms with van der Waals surface area (Å²) in [5.41, 5.74) is 0. The average Bonchev–Trinajstić information content (AvgIpc) is 1.61. The third-order valence-electron chi connectivity index (χ3n) is 0.501. The number of allylic oxidation sites excluding steroid dienone is 2. The van der Waals surface area contributed by atoms with Crippen LogP contribution in [0.2, 0.25) is 0 Å². The number of halogens is 1. The predicted octanol–water partition coefficient (Wildman–Crippen LogP) is 2.15. The Morgan fingerprint density at radius 1 is 2.00 bits per heavy atom. The molecule has 0 saturated heterocycles. The van der Waals surface area contributed by atoms with Gasteiger partial charge in [-0.2, -0.15) is 0 Å². The van der Waals surface area contributed by atoms with Crippen molar-refractivity contribution in [2.24, 2.45) is 0 Å². The first kappa shape index (κ1) is 6.59. The lowest BCUT2D eigenvalue weighted by molar-refractivity contribution is 1.43. The second-order valence-electron chi connectivity index (χ2n) is 1.20. The summed E-state index contributed by atoms with van der Waals surface area (Å²) < 4.78 is 0. The third-order valence-corrected chi connectivity index (χ3v) is 0.655. The van der Waals surface area contributed by atoms with E-state index in [-0.39, 0.29) is 0 Å². The molecule has 0 aromatic rings. The average molecular weight is 115 g/mol. The lowest BCUT2D eigenvalue weighted by atomic mass is 10.4. The molecule has 0 atom stereocenters. The summed E-state index contributed by atoms with van der Waals surface area (Å²) in [5.74, 6) is 2.44. The van der Waals surface area contributed by atoms with Gasteiger partial charge in [0.05, 0.1) is 0 Å². The molecule has 0 aromatic heterocycles. The molecule has 0 unspecified atom stereocenters. The fourth-order valence-corrected chi connectivity index (χ4v) is 0.277. The smallest absolute Gasteiger partial charge is 0.0281 e. The summed E-state index contributed by atoms with van der Waals surface area (Å²) in [6.07, 6.45) is 7.35. The number of hydrogen-bond donors (Lipinski definition) is 0. The normalized spacial score (nSPS) is 10.7. The van der Waals surface area contributed by atoms with Gasteiger partial charge in [-0.25, -0.2) is 0 Å². The Labute approximate surface area is 49.2 Å². The van der Waals surface area contributed by atoms with Crippen LogP contribution >= 0.6 is 11.6 Å². The van der Waals surface area contributed by atoms with Gasteiger partial charge in [-0.1, -0.05) is 17.7 Å². The SMILES string of the molecule is C#CC/C=C(\C)Cl. The molecule has 0 heterocycles. The first-order valence-electron chi connectivity index (χ1n) is 2.03. The fraction of sp³-hybridized carbons (Fsp3) is 0.333. The maximum absolute atomic E-state index is 5.42. The summed E-state index contributed by atoms with van der Waals surface area (Å²) in [7, 11) is 0. The minimum atomic E-state index is 0.634. The molecule has 0 aliphatic carbocycles. The van der Waals surface area contributed by atoms with Crippen molar-refractivity contribution in [2.45, 2.75) is 13.3 Å². The molecule has 1 heteroatoms. The van der Waals surface area contributed by atoms with Crippen molar-refractivity contribution in [3.8, 4) is 12.3 Å². The zero-order valence-electron chi connectivity index (χ0n) is 4.24. The number of hydrogen-bond acceptors (Lipinski definition) is 0. The summed E-state index contributed by atoms with van der Waals surface area (Å²) in [6, 6.07) is 0. The van der Waals surface area contributed by atoms with Crippen LogP contribution in [0.4, 0.5) is 0 Å². The van der Waals surface area contributed by atoms with Crippen LogP contribution in [0, 0.1) is 12.3 Å². The highest BCUT2D eigenvalue weighted by Gasteiger charge is 1.72. The first-order valence-corrected chi connectivity index (χ1v) is 2.41. The zero-order chi connectivity index (χ0) is 5.70. The van der Waals surface area contributed by atoms with Gasteiger partial charge in [-0.3, -0.25) is 0 Å². The molecule has 0 bridgehead atoms. The lowest BCUT2D eigenvalue weighted by Gasteiger charge is -1.77. The summed E-state index contributed by atoms with van der Waals surface area (Å²) in [6.45, 7) is 1.80. The van der Waals surface area contributed by atoms with E-state index in [1.54, 1.807) is 13.0 Å². The standard InChI is InChI=1S/C6H7Cl/c1-3-4-5-6(2)7/h1,5H,4H2,2H3/b6-5+. The summed E-state index contributed by atoms with van der Waals surface area (Å²) in [5, 5.41) is 0.762. The second-order valence-corrected chi connectivity index (χ2v) is 1.80. The van der Waals surface area contributed by atoms with Crippen LogP contribution in [0.25, 0.3) is 0 Å². The van der Waals surface area contributed by atoms with Gasteiger partial charge < -0.3 is 0 Å². The molecule has 0 aliphatic rings. The van der Waals surface area contributed by atoms with Gasteiger partial charge in [0.1, 0.15) is 0 Å². The van der Waals surface area contributed by atoms with E-state index in [0.29, 0.717) is 6.42 Å². The maximum Gasteiger partial charge on any atom is 0.0281 e. The molecule has 38 valence electrons. The fourth-order valence-electron chi connectivity index (χ4n) is 0.200. The molecule has 0 aromatic carbocycles. The van der Waals surface area contributed by atoms with Crippen molar-refractivity contribution in [1.29, 1.82) is 0 Å². The summed E-state index contributed by atoms with van der Waals surface area (Å²) >= 11 is 5.42. The molecule has 0 saturated carbocycles. The Kier molecular flexibility index (Phi) is 3.55. The van der Waals surface area contributed by atoms with Crippen LogP contribution in [-0.4, -0.2) is 0 Å². The molecule has 0 radical (unpaired) electrons. The zero-order valence-corrected chi connectivity index (χ0v) is 5.00. The highest BCUT2D eigenvalue weighted by Crippen LogP contribution is 1.97. The Hall–Kier alpha value is -0.410. The number of rotatable bonds is 1. The van der Waals surface area contributed by atoms with E-state index in [2.05, 4.69) is 5.92 Å². The highest BCUT2D eigenvalue weighted by molar-refractivity contribution is 6.29. The van der Waals surface area contributed by atoms with Gasteiger partial charge in [-0.15, -0.1) is 12.3 Å². The molecular formula is C6H7Cl. The van der Waals surface area contributed by atoms with Crippen LogP contribution in [-0.2, 0) is 0 Å². The Morgan fingerprint density at radius 3 is 2.71 bits per heavy atom. The molecule has 0 fully saturated rings. The molecule has 0 spiro atoms. The van der Waals surface area contributed by atoms with Crippen molar-refractivity contribution >= 4 is 11.6 Å². The minimum Gasteiger partial charge on any atom is -0.120 e. The van der Waals surface area contributed by atoms with E-state index in [1.165, 1.54) is 0 Å². The molecule has 0 nitrogen and oxygen atoms in total. The molecule has 0 N–H and O–H groups in total. The minimum absolute atomic E-state index is 0.634. The second kappa shape index (κ2) is 3.77. The van der Waals surface area contributed by atoms with Crippen molar-refractivity contribution in [3.05, 3.63) is 11.1 Å². The van der Waals surface area contributed by atoms with E-state index < -0.39 is 0 Å². The van der Waals surface area contributed by atoms with Crippen molar-refractivity contribution in [2.75, 3.05) is 0 Å². The van der Waals surface area contributed by atoms with E-state index in [1.807, 2.05) is 0 Å². The lowest BCUT2D eigenvalue weighted by Crippen LogP contribution is -1.57. The first-order chi connectivity index (χ1) is 3.27. The molecule has 0 amide bonds. The topological polar surface area (TPSA) is 0 Å². The summed E-state index contributed by atoms with van der Waals surface area (Å²) in [4.78, 5) is 0. The largest absolute Gasteiger partial charge is 0.120 e. The van der Waals surface area contributed by atoms with Crippen LogP contribution in [0.5, 0.6) is 0 Å². The quantitative estimate of drug-likeness (QED) is 0.459. The molecular weight excluding hydrogens is 108 g/mol. The van der Waals surface area contributed by atoms with Crippen LogP contribution in [0.1, 0.15) is 13.3 Å². The Balaban J connectivity index is 3.32. The van der Waals surface area contributed by atoms with Crippen molar-refractivity contribution in [3.63, 3.8) is 0 Å². The van der Waals surface area contributed by atoms with E-state index in [9.17, 15) is 0 Å². The van der Waals surface area contributed by atoms with Gasteiger partial charge in [0.2, 0.25) is 0 Å². The third kappa shape index (κ3) is 5.59.